The summed E-state index contributed by atoms with van der Waals surface area (Å²) in [4.78, 5) is 6.27. The highest BCUT2D eigenvalue weighted by atomic mass is 35.5. The fourth-order valence-electron chi connectivity index (χ4n) is 2.57. The predicted octanol–water partition coefficient (Wildman–Crippen LogP) is 5.42. The van der Waals surface area contributed by atoms with Crippen LogP contribution in [0.25, 0.3) is 12.2 Å². The molecule has 0 unspecified atom stereocenters. The van der Waals surface area contributed by atoms with Gasteiger partial charge in [0, 0.05) is 17.4 Å². The second-order valence-corrected chi connectivity index (χ2v) is 6.42. The van der Waals surface area contributed by atoms with Crippen LogP contribution in [0.1, 0.15) is 24.0 Å². The molecule has 1 aromatic carbocycles. The molecule has 0 aliphatic carbocycles. The van der Waals surface area contributed by atoms with Crippen LogP contribution in [0.5, 0.6) is 0 Å². The van der Waals surface area contributed by atoms with Crippen molar-refractivity contribution in [2.75, 3.05) is 20.1 Å². The van der Waals surface area contributed by atoms with Crippen LogP contribution in [0.3, 0.4) is 0 Å². The van der Waals surface area contributed by atoms with Crippen LogP contribution in [-0.4, -0.2) is 30.0 Å². The molecule has 1 aromatic heterocycles. The van der Waals surface area contributed by atoms with Gasteiger partial charge in [-0.3, -0.25) is 4.98 Å². The number of aromatic nitrogens is 1. The van der Waals surface area contributed by atoms with E-state index in [-0.39, 0.29) is 0 Å². The van der Waals surface area contributed by atoms with Crippen LogP contribution in [0, 0.1) is 5.92 Å². The second kappa shape index (κ2) is 10.1. The van der Waals surface area contributed by atoms with E-state index in [1.54, 1.807) is 18.5 Å². The number of likely N-dealkylation sites (tertiary alicyclic amines) is 1. The Morgan fingerprint density at radius 2 is 1.92 bits per heavy atom. The average Bonchev–Trinajstić information content (AvgIpc) is 2.64. The maximum Gasteiger partial charge on any atom is 0.0478 e. The van der Waals surface area contributed by atoms with Crippen LogP contribution in [0.2, 0.25) is 5.02 Å². The third kappa shape index (κ3) is 6.31. The van der Waals surface area contributed by atoms with E-state index in [1.165, 1.54) is 25.9 Å². The van der Waals surface area contributed by atoms with Crippen molar-refractivity contribution in [3.8, 4) is 0 Å². The van der Waals surface area contributed by atoms with Crippen molar-refractivity contribution < 1.29 is 0 Å². The van der Waals surface area contributed by atoms with Crippen molar-refractivity contribution in [3.63, 3.8) is 0 Å². The molecule has 2 nitrogen and oxygen atoms in total. The molecule has 0 radical (unpaired) electrons. The number of hydrogen-bond donors (Lipinski definition) is 0. The highest BCUT2D eigenvalue weighted by Crippen LogP contribution is 2.21. The van der Waals surface area contributed by atoms with Gasteiger partial charge in [0.05, 0.1) is 0 Å². The summed E-state index contributed by atoms with van der Waals surface area (Å²) < 4.78 is 0. The van der Waals surface area contributed by atoms with Gasteiger partial charge in [-0.2, -0.15) is 0 Å². The van der Waals surface area contributed by atoms with E-state index < -0.39 is 0 Å². The summed E-state index contributed by atoms with van der Waals surface area (Å²) >= 11 is 6.11. The Labute approximate surface area is 150 Å². The first-order chi connectivity index (χ1) is 11.7. The smallest absolute Gasteiger partial charge is 0.0478 e. The highest BCUT2D eigenvalue weighted by molar-refractivity contribution is 6.32. The zero-order valence-corrected chi connectivity index (χ0v) is 15.0. The van der Waals surface area contributed by atoms with E-state index >= 15 is 0 Å². The summed E-state index contributed by atoms with van der Waals surface area (Å²) in [6.07, 6.45) is 12.3. The summed E-state index contributed by atoms with van der Waals surface area (Å²) in [5.41, 5.74) is 2.19. The minimum atomic E-state index is 0.715. The average molecular weight is 341 g/mol. The molecule has 0 atom stereocenters. The van der Waals surface area contributed by atoms with E-state index in [1.807, 2.05) is 30.3 Å². The SMILES string of the molecule is C=Cc1cccnc1.CN1CCC(/C=C/c2ccccc2Cl)CC1. The summed E-state index contributed by atoms with van der Waals surface area (Å²) in [5, 5.41) is 0.840. The van der Waals surface area contributed by atoms with Crippen LogP contribution < -0.4 is 0 Å². The molecule has 0 bridgehead atoms. The van der Waals surface area contributed by atoms with Crippen molar-refractivity contribution in [2.24, 2.45) is 5.92 Å². The van der Waals surface area contributed by atoms with Crippen LogP contribution >= 0.6 is 11.6 Å². The molecule has 0 saturated carbocycles. The summed E-state index contributed by atoms with van der Waals surface area (Å²) in [5.74, 6) is 0.715. The van der Waals surface area contributed by atoms with Gasteiger partial charge in [0.15, 0.2) is 0 Å². The maximum absolute atomic E-state index is 6.11. The van der Waals surface area contributed by atoms with E-state index in [0.29, 0.717) is 5.92 Å². The lowest BCUT2D eigenvalue weighted by Crippen LogP contribution is -2.29. The van der Waals surface area contributed by atoms with Crippen LogP contribution in [0.4, 0.5) is 0 Å². The number of pyridine rings is 1. The number of nitrogens with zero attached hydrogens (tertiary/aromatic N) is 2. The molecule has 0 amide bonds. The van der Waals surface area contributed by atoms with Gasteiger partial charge in [-0.15, -0.1) is 0 Å². The number of halogens is 1. The molecule has 2 heterocycles. The summed E-state index contributed by atoms with van der Waals surface area (Å²) in [6, 6.07) is 11.8. The lowest BCUT2D eigenvalue weighted by molar-refractivity contribution is 0.244. The summed E-state index contributed by atoms with van der Waals surface area (Å²) in [7, 11) is 2.19. The third-order valence-electron chi connectivity index (χ3n) is 4.14. The monoisotopic (exact) mass is 340 g/mol. The topological polar surface area (TPSA) is 16.1 Å². The zero-order chi connectivity index (χ0) is 17.2. The molecule has 0 N–H and O–H groups in total. The number of benzene rings is 1. The van der Waals surface area contributed by atoms with Crippen LogP contribution in [-0.2, 0) is 0 Å². The van der Waals surface area contributed by atoms with Gasteiger partial charge < -0.3 is 4.90 Å². The van der Waals surface area contributed by atoms with E-state index in [4.69, 9.17) is 11.6 Å². The molecular formula is C21H25ClN2. The Morgan fingerprint density at radius 3 is 2.50 bits per heavy atom. The molecule has 1 aliphatic rings. The maximum atomic E-state index is 6.11. The molecule has 2 aromatic rings. The molecular weight excluding hydrogens is 316 g/mol. The van der Waals surface area contributed by atoms with Gasteiger partial charge in [0.2, 0.25) is 0 Å². The Morgan fingerprint density at radius 1 is 1.17 bits per heavy atom. The van der Waals surface area contributed by atoms with Gasteiger partial charge in [-0.05, 0) is 62.2 Å². The molecule has 0 spiro atoms. The lowest BCUT2D eigenvalue weighted by Gasteiger charge is -2.26. The first-order valence-electron chi connectivity index (χ1n) is 8.33. The molecule has 3 heteroatoms. The first-order valence-corrected chi connectivity index (χ1v) is 8.70. The minimum Gasteiger partial charge on any atom is -0.306 e. The van der Waals surface area contributed by atoms with Gasteiger partial charge in [-0.1, -0.05) is 60.7 Å². The minimum absolute atomic E-state index is 0.715. The van der Waals surface area contributed by atoms with Gasteiger partial charge in [0.25, 0.3) is 0 Å². The fourth-order valence-corrected chi connectivity index (χ4v) is 2.77. The van der Waals surface area contributed by atoms with Crippen molar-refractivity contribution in [3.05, 3.63) is 77.6 Å². The molecule has 126 valence electrons. The highest BCUT2D eigenvalue weighted by Gasteiger charge is 2.13. The fraction of sp³-hybridized carbons (Fsp3) is 0.286. The van der Waals surface area contributed by atoms with Crippen molar-refractivity contribution in [1.29, 1.82) is 0 Å². The zero-order valence-electron chi connectivity index (χ0n) is 14.2. The van der Waals surface area contributed by atoms with E-state index in [2.05, 4.69) is 41.7 Å². The Kier molecular flexibility index (Phi) is 7.73. The summed E-state index contributed by atoms with van der Waals surface area (Å²) in [6.45, 7) is 6.00. The Bertz CT molecular complexity index is 644. The molecule has 1 fully saturated rings. The second-order valence-electron chi connectivity index (χ2n) is 6.01. The Balaban J connectivity index is 0.000000219. The van der Waals surface area contributed by atoms with E-state index in [9.17, 15) is 0 Å². The quantitative estimate of drug-likeness (QED) is 0.741. The molecule has 1 aliphatic heterocycles. The predicted molar refractivity (Wildman–Crippen MR) is 105 cm³/mol. The number of hydrogen-bond acceptors (Lipinski definition) is 2. The third-order valence-corrected chi connectivity index (χ3v) is 4.48. The van der Waals surface area contributed by atoms with Crippen molar-refractivity contribution in [2.45, 2.75) is 12.8 Å². The van der Waals surface area contributed by atoms with E-state index in [0.717, 1.165) is 16.1 Å². The number of rotatable bonds is 3. The van der Waals surface area contributed by atoms with Gasteiger partial charge >= 0.3 is 0 Å². The van der Waals surface area contributed by atoms with Crippen molar-refractivity contribution in [1.82, 2.24) is 9.88 Å². The van der Waals surface area contributed by atoms with Crippen molar-refractivity contribution >= 4 is 23.8 Å². The van der Waals surface area contributed by atoms with Gasteiger partial charge in [-0.25, -0.2) is 0 Å². The van der Waals surface area contributed by atoms with Gasteiger partial charge in [0.1, 0.15) is 0 Å². The molecule has 24 heavy (non-hydrogen) atoms. The largest absolute Gasteiger partial charge is 0.306 e. The lowest BCUT2D eigenvalue weighted by atomic mass is 9.96. The Hall–Kier alpha value is -1.90. The number of piperidine rings is 1. The molecule has 3 rings (SSSR count). The standard InChI is InChI=1S/C14H18ClN.C7H7N/c1-16-10-8-12(9-11-16)6-7-13-4-2-3-5-14(13)15;1-2-7-4-3-5-8-6-7/h2-7,12H,8-11H2,1H3;2-6H,1H2/b7-6+;. The van der Waals surface area contributed by atoms with Crippen LogP contribution in [0.15, 0.2) is 61.4 Å². The number of allylic oxidation sites excluding steroid dienone is 1. The first kappa shape index (κ1) is 18.4. The molecule has 1 saturated heterocycles. The normalized spacial score (nSPS) is 15.8.